The molecule has 9 heteroatoms. The smallest absolute Gasteiger partial charge is 0.355 e. The van der Waals surface area contributed by atoms with Crippen LogP contribution in [0.3, 0.4) is 0 Å². The summed E-state index contributed by atoms with van der Waals surface area (Å²) in [6.45, 7) is 0. The maximum Gasteiger partial charge on any atom is 0.448 e. The van der Waals surface area contributed by atoms with Gasteiger partial charge >= 0.3 is 18.1 Å². The molecule has 0 saturated carbocycles. The van der Waals surface area contributed by atoms with Crippen molar-refractivity contribution in [1.29, 1.82) is 0 Å². The minimum absolute atomic E-state index is 0.0571. The lowest BCUT2D eigenvalue weighted by Crippen LogP contribution is -2.56. The van der Waals surface area contributed by atoms with E-state index in [4.69, 9.17) is 0 Å². The number of nitrogens with zero attached hydrogens (tertiary/aromatic N) is 1. The van der Waals surface area contributed by atoms with Gasteiger partial charge in [-0.05, 0) is 12.1 Å². The highest BCUT2D eigenvalue weighted by Crippen LogP contribution is 2.44. The van der Waals surface area contributed by atoms with Gasteiger partial charge < -0.3 is 10.4 Å². The SMILES string of the molecule is OC(N=C(Nc1ccccc1)c1ccccc1)(C(F)(F)F)C(F)(F)F. The Balaban J connectivity index is 2.59. The fourth-order valence-corrected chi connectivity index (χ4v) is 1.87. The number of hydrogen-bond donors (Lipinski definition) is 2. The number of nitrogens with one attached hydrogen (secondary N) is 1. The predicted octanol–water partition coefficient (Wildman–Crippen LogP) is 4.36. The normalized spacial score (nSPS) is 13.6. The van der Waals surface area contributed by atoms with E-state index in [0.717, 1.165) is 0 Å². The molecule has 0 radical (unpaired) electrons. The number of para-hydroxylation sites is 1. The molecular weight excluding hydrogens is 350 g/mol. The first-order valence-electron chi connectivity index (χ1n) is 6.88. The molecule has 0 saturated heterocycles. The molecule has 0 spiro atoms. The zero-order valence-corrected chi connectivity index (χ0v) is 12.4. The van der Waals surface area contributed by atoms with Crippen LogP contribution in [-0.2, 0) is 0 Å². The van der Waals surface area contributed by atoms with Crippen LogP contribution in [0.5, 0.6) is 0 Å². The maximum atomic E-state index is 12.9. The zero-order chi connectivity index (χ0) is 18.7. The molecule has 2 rings (SSSR count). The Labute approximate surface area is 138 Å². The van der Waals surface area contributed by atoms with Crippen molar-refractivity contribution in [2.24, 2.45) is 4.99 Å². The Morgan fingerprint density at radius 2 is 1.20 bits per heavy atom. The predicted molar refractivity (Wildman–Crippen MR) is 80.1 cm³/mol. The van der Waals surface area contributed by atoms with Crippen LogP contribution < -0.4 is 5.32 Å². The molecule has 0 bridgehead atoms. The molecule has 0 aromatic heterocycles. The second-order valence-corrected chi connectivity index (χ2v) is 4.99. The molecule has 0 amide bonds. The van der Waals surface area contributed by atoms with Crippen LogP contribution in [0.4, 0.5) is 32.0 Å². The number of alkyl halides is 6. The van der Waals surface area contributed by atoms with Gasteiger partial charge in [0.25, 0.3) is 0 Å². The number of halogens is 6. The van der Waals surface area contributed by atoms with Crippen molar-refractivity contribution in [3.63, 3.8) is 0 Å². The van der Waals surface area contributed by atoms with Gasteiger partial charge in [-0.2, -0.15) is 26.3 Å². The summed E-state index contributed by atoms with van der Waals surface area (Å²) in [4.78, 5) is 2.63. The number of anilines is 1. The highest BCUT2D eigenvalue weighted by Gasteiger charge is 2.71. The number of aliphatic hydroxyl groups is 1. The third-order valence-corrected chi connectivity index (χ3v) is 3.15. The summed E-state index contributed by atoms with van der Waals surface area (Å²) in [7, 11) is 0. The summed E-state index contributed by atoms with van der Waals surface area (Å²) < 4.78 is 77.5. The largest absolute Gasteiger partial charge is 0.448 e. The second kappa shape index (κ2) is 6.75. The number of hydrogen-bond acceptors (Lipinski definition) is 2. The Kier molecular flexibility index (Phi) is 5.07. The first-order chi connectivity index (χ1) is 11.5. The lowest BCUT2D eigenvalue weighted by molar-refractivity contribution is -0.364. The number of benzene rings is 2. The third kappa shape index (κ3) is 4.11. The Bertz CT molecular complexity index is 712. The summed E-state index contributed by atoms with van der Waals surface area (Å²) >= 11 is 0. The van der Waals surface area contributed by atoms with Crippen LogP contribution in [0.25, 0.3) is 0 Å². The van der Waals surface area contributed by atoms with Gasteiger partial charge in [0.2, 0.25) is 0 Å². The third-order valence-electron chi connectivity index (χ3n) is 3.15. The van der Waals surface area contributed by atoms with Gasteiger partial charge in [0.05, 0.1) is 0 Å². The Hall–Kier alpha value is -2.55. The summed E-state index contributed by atoms with van der Waals surface area (Å²) in [5.41, 5.74) is -5.09. The molecule has 2 aromatic carbocycles. The van der Waals surface area contributed by atoms with Crippen LogP contribution in [0.1, 0.15) is 5.56 Å². The van der Waals surface area contributed by atoms with E-state index in [0.29, 0.717) is 0 Å². The molecule has 0 heterocycles. The monoisotopic (exact) mass is 362 g/mol. The lowest BCUT2D eigenvalue weighted by Gasteiger charge is -2.29. The summed E-state index contributed by atoms with van der Waals surface area (Å²) in [5.74, 6) is -0.774. The topological polar surface area (TPSA) is 44.6 Å². The Morgan fingerprint density at radius 1 is 0.760 bits per heavy atom. The van der Waals surface area contributed by atoms with Crippen LogP contribution in [-0.4, -0.2) is 29.0 Å². The standard InChI is InChI=1S/C16H12F6N2O/c17-15(18,19)14(25,16(20,21)22)24-13(11-7-3-1-4-8-11)23-12-9-5-2-6-10-12/h1-10,25H,(H,23,24). The molecule has 25 heavy (non-hydrogen) atoms. The summed E-state index contributed by atoms with van der Waals surface area (Å²) in [6, 6.07) is 14.4. The van der Waals surface area contributed by atoms with Gasteiger partial charge in [0, 0.05) is 11.3 Å². The van der Waals surface area contributed by atoms with Gasteiger partial charge in [-0.1, -0.05) is 48.5 Å². The van der Waals surface area contributed by atoms with Crippen molar-refractivity contribution in [2.75, 3.05) is 5.32 Å². The zero-order valence-electron chi connectivity index (χ0n) is 12.4. The molecule has 0 atom stereocenters. The van der Waals surface area contributed by atoms with E-state index >= 15 is 0 Å². The van der Waals surface area contributed by atoms with Crippen LogP contribution in [0, 0.1) is 0 Å². The molecule has 134 valence electrons. The van der Waals surface area contributed by atoms with Gasteiger partial charge in [0.1, 0.15) is 5.84 Å². The molecule has 0 unspecified atom stereocenters. The van der Waals surface area contributed by atoms with Crippen molar-refractivity contribution in [3.8, 4) is 0 Å². The second-order valence-electron chi connectivity index (χ2n) is 4.99. The van der Waals surface area contributed by atoms with Gasteiger partial charge in [-0.25, -0.2) is 4.99 Å². The van der Waals surface area contributed by atoms with E-state index in [2.05, 4.69) is 10.3 Å². The van der Waals surface area contributed by atoms with Crippen LogP contribution >= 0.6 is 0 Å². The average molecular weight is 362 g/mol. The molecular formula is C16H12F6N2O. The molecule has 3 nitrogen and oxygen atoms in total. The van der Waals surface area contributed by atoms with Crippen LogP contribution in [0.15, 0.2) is 65.7 Å². The minimum atomic E-state index is -6.05. The average Bonchev–Trinajstić information content (AvgIpc) is 2.54. The lowest BCUT2D eigenvalue weighted by atomic mass is 10.1. The first kappa shape index (κ1) is 18.8. The fourth-order valence-electron chi connectivity index (χ4n) is 1.87. The van der Waals surface area contributed by atoms with E-state index in [1.54, 1.807) is 6.07 Å². The molecule has 2 aromatic rings. The number of aliphatic imine (C=N–C) groups is 1. The van der Waals surface area contributed by atoms with Crippen molar-refractivity contribution >= 4 is 11.5 Å². The molecule has 0 aliphatic heterocycles. The van der Waals surface area contributed by atoms with Crippen molar-refractivity contribution in [2.45, 2.75) is 18.1 Å². The van der Waals surface area contributed by atoms with Gasteiger partial charge in [-0.3, -0.25) is 0 Å². The van der Waals surface area contributed by atoms with Crippen molar-refractivity contribution in [3.05, 3.63) is 66.2 Å². The van der Waals surface area contributed by atoms with Gasteiger partial charge in [0.15, 0.2) is 0 Å². The van der Waals surface area contributed by atoms with Crippen LogP contribution in [0.2, 0.25) is 0 Å². The fraction of sp³-hybridized carbons (Fsp3) is 0.188. The van der Waals surface area contributed by atoms with Crippen molar-refractivity contribution < 1.29 is 31.4 Å². The van der Waals surface area contributed by atoms with E-state index < -0.39 is 23.9 Å². The maximum absolute atomic E-state index is 12.9. The molecule has 0 aliphatic carbocycles. The molecule has 0 fully saturated rings. The molecule has 0 aliphatic rings. The highest BCUT2D eigenvalue weighted by atomic mass is 19.4. The highest BCUT2D eigenvalue weighted by molar-refractivity contribution is 6.08. The quantitative estimate of drug-likeness (QED) is 0.484. The summed E-state index contributed by atoms with van der Waals surface area (Å²) in [5, 5.41) is 11.7. The number of rotatable bonds is 3. The van der Waals surface area contributed by atoms with E-state index in [-0.39, 0.29) is 11.3 Å². The van der Waals surface area contributed by atoms with E-state index in [9.17, 15) is 31.4 Å². The van der Waals surface area contributed by atoms with E-state index in [1.807, 2.05) is 0 Å². The minimum Gasteiger partial charge on any atom is -0.355 e. The summed E-state index contributed by atoms with van der Waals surface area (Å²) in [6.07, 6.45) is -12.1. The van der Waals surface area contributed by atoms with E-state index in [1.165, 1.54) is 54.6 Å². The molecule has 2 N–H and O–H groups in total. The first-order valence-corrected chi connectivity index (χ1v) is 6.88. The number of amidine groups is 1. The Morgan fingerprint density at radius 3 is 1.64 bits per heavy atom. The van der Waals surface area contributed by atoms with Crippen molar-refractivity contribution in [1.82, 2.24) is 0 Å². The van der Waals surface area contributed by atoms with Gasteiger partial charge in [-0.15, -0.1) is 0 Å².